The van der Waals surface area contributed by atoms with Gasteiger partial charge in [0.2, 0.25) is 0 Å². The van der Waals surface area contributed by atoms with Crippen LogP contribution in [-0.4, -0.2) is 0 Å². The minimum atomic E-state index is 0.986. The Labute approximate surface area is 161 Å². The Hall–Kier alpha value is 1.54. The summed E-state index contributed by atoms with van der Waals surface area (Å²) in [6.07, 6.45) is 0. The smallest absolute Gasteiger partial charge is 0.0494 e. The zero-order chi connectivity index (χ0) is 14.0. The first-order chi connectivity index (χ1) is 9.02. The standard InChI is InChI=1S/C12H5Br5S2/c13-7-8(14)10(16)12(11(17)9(7)15)19-18-6-4-2-1-3-5-6/h1-5H. The van der Waals surface area contributed by atoms with E-state index in [0.29, 0.717) is 0 Å². The molecule has 0 aromatic heterocycles. The second-order valence-corrected chi connectivity index (χ2v) is 9.56. The molecule has 0 heterocycles. The maximum absolute atomic E-state index is 3.63. The monoisotopic (exact) mass is 608 g/mol. The van der Waals surface area contributed by atoms with Crippen LogP contribution in [0.3, 0.4) is 0 Å². The van der Waals surface area contributed by atoms with Gasteiger partial charge in [0.05, 0.1) is 0 Å². The molecule has 2 aromatic carbocycles. The van der Waals surface area contributed by atoms with Crippen LogP contribution in [0.5, 0.6) is 0 Å². The predicted octanol–water partition coefficient (Wildman–Crippen LogP) is 8.30. The van der Waals surface area contributed by atoms with Gasteiger partial charge in [0, 0.05) is 32.2 Å². The van der Waals surface area contributed by atoms with Gasteiger partial charge < -0.3 is 0 Å². The van der Waals surface area contributed by atoms with Crippen molar-refractivity contribution in [3.63, 3.8) is 0 Å². The van der Waals surface area contributed by atoms with Gasteiger partial charge >= 0.3 is 0 Å². The summed E-state index contributed by atoms with van der Waals surface area (Å²) in [6, 6.07) is 10.3. The van der Waals surface area contributed by atoms with Crippen molar-refractivity contribution in [1.82, 2.24) is 0 Å². The Morgan fingerprint density at radius 2 is 1.05 bits per heavy atom. The highest BCUT2D eigenvalue weighted by atomic mass is 79.9. The number of hydrogen-bond donors (Lipinski definition) is 0. The summed E-state index contributed by atoms with van der Waals surface area (Å²) in [5.41, 5.74) is 0. The van der Waals surface area contributed by atoms with Crippen molar-refractivity contribution >= 4 is 101 Å². The van der Waals surface area contributed by atoms with Gasteiger partial charge in [-0.2, -0.15) is 0 Å². The van der Waals surface area contributed by atoms with Crippen LogP contribution in [0.4, 0.5) is 0 Å². The van der Waals surface area contributed by atoms with E-state index in [1.807, 2.05) is 18.2 Å². The van der Waals surface area contributed by atoms with Crippen LogP contribution < -0.4 is 0 Å². The largest absolute Gasteiger partial charge is 0.0622 e. The Morgan fingerprint density at radius 3 is 1.58 bits per heavy atom. The normalized spacial score (nSPS) is 10.8. The van der Waals surface area contributed by atoms with E-state index in [0.717, 1.165) is 27.3 Å². The molecule has 19 heavy (non-hydrogen) atoms. The number of benzene rings is 2. The molecule has 0 atom stereocenters. The fourth-order valence-electron chi connectivity index (χ4n) is 1.22. The van der Waals surface area contributed by atoms with Crippen molar-refractivity contribution in [2.75, 3.05) is 0 Å². The van der Waals surface area contributed by atoms with Crippen molar-refractivity contribution in [3.8, 4) is 0 Å². The van der Waals surface area contributed by atoms with Crippen molar-refractivity contribution < 1.29 is 0 Å². The molecule has 0 saturated carbocycles. The molecule has 0 unspecified atom stereocenters. The van der Waals surface area contributed by atoms with E-state index in [4.69, 9.17) is 0 Å². The summed E-state index contributed by atoms with van der Waals surface area (Å²) >= 11 is 17.9. The van der Waals surface area contributed by atoms with Gasteiger partial charge in [-0.1, -0.05) is 39.8 Å². The molecule has 0 fully saturated rings. The average molecular weight is 613 g/mol. The lowest BCUT2D eigenvalue weighted by Crippen LogP contribution is -1.84. The van der Waals surface area contributed by atoms with E-state index in [1.165, 1.54) is 4.90 Å². The fourth-order valence-corrected chi connectivity index (χ4v) is 7.83. The maximum Gasteiger partial charge on any atom is 0.0494 e. The zero-order valence-electron chi connectivity index (χ0n) is 9.09. The van der Waals surface area contributed by atoms with Crippen LogP contribution >= 0.6 is 101 Å². The third-order valence-corrected chi connectivity index (χ3v) is 11.2. The van der Waals surface area contributed by atoms with Crippen LogP contribution in [0.25, 0.3) is 0 Å². The van der Waals surface area contributed by atoms with Crippen LogP contribution in [0.1, 0.15) is 0 Å². The van der Waals surface area contributed by atoms with E-state index < -0.39 is 0 Å². The minimum absolute atomic E-state index is 0.986. The summed E-state index contributed by atoms with van der Waals surface area (Å²) in [6.45, 7) is 0. The molecule has 100 valence electrons. The predicted molar refractivity (Wildman–Crippen MR) is 103 cm³/mol. The first kappa shape index (κ1) is 16.9. The third kappa shape index (κ3) is 4.05. The second kappa shape index (κ2) is 7.70. The molecule has 2 aromatic rings. The van der Waals surface area contributed by atoms with Gasteiger partial charge in [-0.15, -0.1) is 0 Å². The van der Waals surface area contributed by atoms with Crippen molar-refractivity contribution in [3.05, 3.63) is 52.7 Å². The van der Waals surface area contributed by atoms with E-state index in [2.05, 4.69) is 91.8 Å². The van der Waals surface area contributed by atoms with Gasteiger partial charge in [0.15, 0.2) is 0 Å². The van der Waals surface area contributed by atoms with E-state index in [-0.39, 0.29) is 0 Å². The van der Waals surface area contributed by atoms with Gasteiger partial charge in [0.1, 0.15) is 0 Å². The molecule has 0 saturated heterocycles. The minimum Gasteiger partial charge on any atom is -0.0622 e. The molecule has 0 radical (unpaired) electrons. The summed E-state index contributed by atoms with van der Waals surface area (Å²) in [7, 11) is 3.43. The Kier molecular flexibility index (Phi) is 6.85. The maximum atomic E-state index is 3.63. The fraction of sp³-hybridized carbons (Fsp3) is 0. The van der Waals surface area contributed by atoms with E-state index >= 15 is 0 Å². The SMILES string of the molecule is Brc1c(Br)c(Br)c(SSc2ccccc2)c(Br)c1Br. The molecule has 0 N–H and O–H groups in total. The Bertz CT molecular complexity index is 572. The van der Waals surface area contributed by atoms with Gasteiger partial charge in [-0.25, -0.2) is 0 Å². The summed E-state index contributed by atoms with van der Waals surface area (Å²) in [5.74, 6) is 0. The third-order valence-electron chi connectivity index (χ3n) is 2.13. The summed E-state index contributed by atoms with van der Waals surface area (Å²) in [4.78, 5) is 2.36. The van der Waals surface area contributed by atoms with Gasteiger partial charge in [-0.3, -0.25) is 0 Å². The van der Waals surface area contributed by atoms with Crippen LogP contribution in [-0.2, 0) is 0 Å². The highest BCUT2D eigenvalue weighted by molar-refractivity contribution is 9.15. The van der Waals surface area contributed by atoms with Crippen LogP contribution in [0.2, 0.25) is 0 Å². The molecule has 0 bridgehead atoms. The molecular formula is C12H5Br5S2. The molecule has 2 rings (SSSR count). The first-order valence-electron chi connectivity index (χ1n) is 4.93. The summed E-state index contributed by atoms with van der Waals surface area (Å²) in [5, 5.41) is 0. The average Bonchev–Trinajstić information content (AvgIpc) is 2.44. The molecular weight excluding hydrogens is 608 g/mol. The van der Waals surface area contributed by atoms with Crippen molar-refractivity contribution in [2.45, 2.75) is 9.79 Å². The van der Waals surface area contributed by atoms with Crippen LogP contribution in [0, 0.1) is 0 Å². The Morgan fingerprint density at radius 1 is 0.579 bits per heavy atom. The molecule has 7 heteroatoms. The highest BCUT2D eigenvalue weighted by Gasteiger charge is 2.18. The lowest BCUT2D eigenvalue weighted by Gasteiger charge is -2.12. The second-order valence-electron chi connectivity index (χ2n) is 3.38. The highest BCUT2D eigenvalue weighted by Crippen LogP contribution is 2.51. The van der Waals surface area contributed by atoms with Crippen LogP contribution in [0.15, 0.2) is 62.5 Å². The molecule has 0 aliphatic rings. The lowest BCUT2D eigenvalue weighted by atomic mass is 10.4. The molecule has 0 nitrogen and oxygen atoms in total. The first-order valence-corrected chi connectivity index (χ1v) is 11.0. The topological polar surface area (TPSA) is 0 Å². The Balaban J connectivity index is 2.31. The number of halogens is 5. The number of hydrogen-bond acceptors (Lipinski definition) is 2. The molecule has 0 aliphatic heterocycles. The molecule has 0 aliphatic carbocycles. The lowest BCUT2D eigenvalue weighted by molar-refractivity contribution is 1.29. The quantitative estimate of drug-likeness (QED) is 0.194. The van der Waals surface area contributed by atoms with Crippen molar-refractivity contribution in [2.24, 2.45) is 0 Å². The molecule has 0 spiro atoms. The van der Waals surface area contributed by atoms with E-state index in [1.54, 1.807) is 21.6 Å². The van der Waals surface area contributed by atoms with E-state index in [9.17, 15) is 0 Å². The summed E-state index contributed by atoms with van der Waals surface area (Å²) < 4.78 is 5.04. The number of rotatable bonds is 3. The van der Waals surface area contributed by atoms with Gasteiger partial charge in [0.25, 0.3) is 0 Å². The van der Waals surface area contributed by atoms with Crippen molar-refractivity contribution in [1.29, 1.82) is 0 Å². The molecule has 0 amide bonds. The van der Waals surface area contributed by atoms with Gasteiger partial charge in [-0.05, 0) is 91.8 Å². The zero-order valence-corrected chi connectivity index (χ0v) is 18.7.